The molecule has 0 aliphatic carbocycles. The van der Waals surface area contributed by atoms with Crippen molar-refractivity contribution in [2.45, 2.75) is 18.9 Å². The van der Waals surface area contributed by atoms with Crippen LogP contribution in [0.4, 0.5) is 16.2 Å². The van der Waals surface area contributed by atoms with Crippen LogP contribution in [0, 0.1) is 6.92 Å². The summed E-state index contributed by atoms with van der Waals surface area (Å²) >= 11 is 6.97. The van der Waals surface area contributed by atoms with E-state index in [9.17, 15) is 14.4 Å². The fourth-order valence-corrected chi connectivity index (χ4v) is 4.50. The van der Waals surface area contributed by atoms with Crippen molar-refractivity contribution < 1.29 is 28.6 Å². The second-order valence-electron chi connectivity index (χ2n) is 7.51. The highest BCUT2D eigenvalue weighted by Gasteiger charge is 2.44. The van der Waals surface area contributed by atoms with Gasteiger partial charge in [-0.3, -0.25) is 9.59 Å². The minimum atomic E-state index is -1.26. The number of morpholine rings is 1. The molecule has 3 amide bonds. The van der Waals surface area contributed by atoms with Crippen LogP contribution in [0.2, 0.25) is 4.34 Å². The number of amides is 3. The Balaban J connectivity index is 1.45. The van der Waals surface area contributed by atoms with Gasteiger partial charge in [0, 0.05) is 30.9 Å². The molecule has 170 valence electrons. The Morgan fingerprint density at radius 3 is 2.72 bits per heavy atom. The zero-order valence-corrected chi connectivity index (χ0v) is 18.9. The van der Waals surface area contributed by atoms with Crippen molar-refractivity contribution in [1.29, 1.82) is 0 Å². The number of nitrogens with zero attached hydrogens (tertiary/aromatic N) is 1. The van der Waals surface area contributed by atoms with E-state index in [4.69, 9.17) is 25.8 Å². The van der Waals surface area contributed by atoms with E-state index in [0.29, 0.717) is 41.3 Å². The van der Waals surface area contributed by atoms with E-state index in [2.05, 4.69) is 10.6 Å². The van der Waals surface area contributed by atoms with Crippen molar-refractivity contribution in [3.05, 3.63) is 40.2 Å². The van der Waals surface area contributed by atoms with Crippen LogP contribution >= 0.6 is 22.9 Å². The van der Waals surface area contributed by atoms with E-state index >= 15 is 0 Å². The summed E-state index contributed by atoms with van der Waals surface area (Å²) in [5, 5.41) is 5.82. The molecule has 32 heavy (non-hydrogen) atoms. The van der Waals surface area contributed by atoms with Gasteiger partial charge in [-0.05, 0) is 42.8 Å². The van der Waals surface area contributed by atoms with Crippen LogP contribution in [0.5, 0.6) is 5.06 Å². The van der Waals surface area contributed by atoms with E-state index in [-0.39, 0.29) is 19.1 Å². The number of halogens is 1. The van der Waals surface area contributed by atoms with Gasteiger partial charge < -0.3 is 29.7 Å². The summed E-state index contributed by atoms with van der Waals surface area (Å²) in [6.45, 7) is 3.23. The third kappa shape index (κ3) is 4.88. The van der Waals surface area contributed by atoms with Crippen molar-refractivity contribution in [3.63, 3.8) is 0 Å². The molecule has 3 heterocycles. The lowest BCUT2D eigenvalue weighted by molar-refractivity contribution is -0.125. The molecule has 9 nitrogen and oxygen atoms in total. The number of thiophene rings is 1. The topological polar surface area (TPSA) is 106 Å². The number of carbonyl (C=O) groups is 3. The fraction of sp³-hybridized carbons (Fsp3) is 0.381. The van der Waals surface area contributed by atoms with Gasteiger partial charge >= 0.3 is 6.09 Å². The first-order valence-electron chi connectivity index (χ1n) is 10.00. The molecule has 0 radical (unpaired) electrons. The van der Waals surface area contributed by atoms with Crippen molar-refractivity contribution in [3.8, 4) is 5.06 Å². The first kappa shape index (κ1) is 22.5. The first-order chi connectivity index (χ1) is 15.4. The maximum Gasteiger partial charge on any atom is 0.414 e. The van der Waals surface area contributed by atoms with Crippen LogP contribution in [0.15, 0.2) is 30.3 Å². The maximum absolute atomic E-state index is 13.1. The lowest BCUT2D eigenvalue weighted by Gasteiger charge is -2.29. The second kappa shape index (κ2) is 9.45. The van der Waals surface area contributed by atoms with Crippen molar-refractivity contribution in [2.24, 2.45) is 0 Å². The Hall–Kier alpha value is -2.66. The lowest BCUT2D eigenvalue weighted by atomic mass is 9.97. The van der Waals surface area contributed by atoms with Gasteiger partial charge in [0.15, 0.2) is 5.06 Å². The predicted octanol–water partition coefficient (Wildman–Crippen LogP) is 2.96. The quantitative estimate of drug-likeness (QED) is 0.683. The average Bonchev–Trinajstić information content (AvgIpc) is 3.38. The summed E-state index contributed by atoms with van der Waals surface area (Å²) in [6, 6.07) is 8.48. The van der Waals surface area contributed by atoms with Crippen molar-refractivity contribution in [2.75, 3.05) is 43.2 Å². The Morgan fingerprint density at radius 1 is 1.22 bits per heavy atom. The molecule has 0 spiro atoms. The molecule has 4 rings (SSSR count). The van der Waals surface area contributed by atoms with Crippen molar-refractivity contribution >= 4 is 52.2 Å². The van der Waals surface area contributed by atoms with E-state index in [0.717, 1.165) is 22.6 Å². The summed E-state index contributed by atoms with van der Waals surface area (Å²) < 4.78 is 16.3. The Morgan fingerprint density at radius 2 is 2.06 bits per heavy atom. The number of hydrogen-bond donors (Lipinski definition) is 2. The smallest absolute Gasteiger partial charge is 0.399 e. The molecule has 1 unspecified atom stereocenters. The molecule has 2 aliphatic heterocycles. The maximum atomic E-state index is 13.1. The Bertz CT molecular complexity index is 1040. The van der Waals surface area contributed by atoms with Crippen molar-refractivity contribution in [1.82, 2.24) is 5.32 Å². The first-order valence-corrected chi connectivity index (χ1v) is 11.2. The van der Waals surface area contributed by atoms with E-state index < -0.39 is 17.5 Å². The zero-order chi connectivity index (χ0) is 22.7. The molecule has 2 aromatic rings. The number of aryl methyl sites for hydroxylation is 1. The van der Waals surface area contributed by atoms with Gasteiger partial charge in [-0.1, -0.05) is 22.9 Å². The number of hydrogen-bond acceptors (Lipinski definition) is 7. The van der Waals surface area contributed by atoms with Crippen LogP contribution in [0.25, 0.3) is 0 Å². The standard InChI is InChI=1S/C21H22ClN3O6S/c1-13-10-14(2-3-15(13)25-7-9-29-11-17(25)26)23-19(27)21(6-8-30-12-21)24-20(28)31-18-5-4-16(22)32-18/h2-5,10H,6-9,11-12H2,1H3,(H,23,27)(H,24,28). The Labute approximate surface area is 193 Å². The molecule has 0 bridgehead atoms. The molecule has 2 aliphatic rings. The average molecular weight is 480 g/mol. The minimum absolute atomic E-state index is 0.0263. The van der Waals surface area contributed by atoms with Gasteiger partial charge in [-0.25, -0.2) is 4.79 Å². The predicted molar refractivity (Wildman–Crippen MR) is 120 cm³/mol. The highest BCUT2D eigenvalue weighted by atomic mass is 35.5. The summed E-state index contributed by atoms with van der Waals surface area (Å²) in [4.78, 5) is 39.3. The zero-order valence-electron chi connectivity index (χ0n) is 17.3. The number of ether oxygens (including phenoxy) is 3. The molecule has 1 aromatic carbocycles. The number of benzene rings is 1. The van der Waals surface area contributed by atoms with Crippen LogP contribution in [-0.4, -0.2) is 56.4 Å². The minimum Gasteiger partial charge on any atom is -0.399 e. The molecule has 0 saturated carbocycles. The van der Waals surface area contributed by atoms with Gasteiger partial charge in [0.05, 0.1) is 17.6 Å². The molecule has 11 heteroatoms. The molecular weight excluding hydrogens is 458 g/mol. The van der Waals surface area contributed by atoms with Gasteiger partial charge in [-0.2, -0.15) is 0 Å². The van der Waals surface area contributed by atoms with Crippen LogP contribution in [0.1, 0.15) is 12.0 Å². The van der Waals surface area contributed by atoms with E-state index in [1.165, 1.54) is 0 Å². The monoisotopic (exact) mass is 479 g/mol. The largest absolute Gasteiger partial charge is 0.414 e. The number of carbonyl (C=O) groups excluding carboxylic acids is 3. The fourth-order valence-electron chi connectivity index (χ4n) is 3.62. The third-order valence-corrected chi connectivity index (χ3v) is 6.38. The lowest BCUT2D eigenvalue weighted by Crippen LogP contribution is -2.58. The molecular formula is C21H22ClN3O6S. The summed E-state index contributed by atoms with van der Waals surface area (Å²) in [5.74, 6) is -0.515. The van der Waals surface area contributed by atoms with Crippen LogP contribution in [0.3, 0.4) is 0 Å². The number of anilines is 2. The summed E-state index contributed by atoms with van der Waals surface area (Å²) in [7, 11) is 0. The van der Waals surface area contributed by atoms with Gasteiger partial charge in [0.2, 0.25) is 0 Å². The Kier molecular flexibility index (Phi) is 6.66. The number of nitrogens with one attached hydrogen (secondary N) is 2. The second-order valence-corrected chi connectivity index (χ2v) is 9.19. The normalized spacial score (nSPS) is 20.8. The van der Waals surface area contributed by atoms with Gasteiger partial charge in [0.1, 0.15) is 12.1 Å². The highest BCUT2D eigenvalue weighted by molar-refractivity contribution is 7.17. The van der Waals surface area contributed by atoms with Crippen LogP contribution < -0.4 is 20.3 Å². The SMILES string of the molecule is Cc1cc(NC(=O)C2(NC(=O)Oc3ccc(Cl)s3)CCOC2)ccc1N1CCOCC1=O. The molecule has 1 aromatic heterocycles. The molecule has 1 atom stereocenters. The van der Waals surface area contributed by atoms with Gasteiger partial charge in [0.25, 0.3) is 11.8 Å². The highest BCUT2D eigenvalue weighted by Crippen LogP contribution is 2.29. The third-order valence-electron chi connectivity index (χ3n) is 5.27. The summed E-state index contributed by atoms with van der Waals surface area (Å²) in [5.41, 5.74) is 0.886. The number of rotatable bonds is 5. The van der Waals surface area contributed by atoms with Crippen LogP contribution in [-0.2, 0) is 19.1 Å². The molecule has 2 fully saturated rings. The molecule has 2 saturated heterocycles. The summed E-state index contributed by atoms with van der Waals surface area (Å²) in [6.07, 6.45) is -0.458. The van der Waals surface area contributed by atoms with Gasteiger partial charge in [-0.15, -0.1) is 0 Å². The molecule has 2 N–H and O–H groups in total. The van der Waals surface area contributed by atoms with E-state index in [1.54, 1.807) is 35.2 Å². The van der Waals surface area contributed by atoms with E-state index in [1.807, 2.05) is 6.92 Å².